The number of hydrogen-bond acceptors (Lipinski definition) is 2. The highest BCUT2D eigenvalue weighted by molar-refractivity contribution is 5.69. The molecule has 1 unspecified atom stereocenters. The molecule has 0 heterocycles. The lowest BCUT2D eigenvalue weighted by Crippen LogP contribution is -2.36. The molecular weight excluding hydrogens is 233 g/mol. The third-order valence-electron chi connectivity index (χ3n) is 3.24. The first kappa shape index (κ1) is 14.6. The fourth-order valence-corrected chi connectivity index (χ4v) is 1.83. The van der Waals surface area contributed by atoms with Crippen molar-refractivity contribution >= 4 is 5.97 Å². The van der Waals surface area contributed by atoms with E-state index < -0.39 is 5.97 Å². The summed E-state index contributed by atoms with van der Waals surface area (Å²) in [4.78, 5) is 12.7. The monoisotopic (exact) mass is 253 g/mol. The molecule has 1 rings (SSSR count). The van der Waals surface area contributed by atoms with E-state index in [1.54, 1.807) is 6.07 Å². The van der Waals surface area contributed by atoms with E-state index in [0.717, 1.165) is 17.5 Å². The van der Waals surface area contributed by atoms with Crippen molar-refractivity contribution in [2.75, 3.05) is 6.54 Å². The van der Waals surface area contributed by atoms with Gasteiger partial charge < -0.3 is 5.11 Å². The Bertz CT molecular complexity index is 420. The van der Waals surface area contributed by atoms with Crippen molar-refractivity contribution in [3.05, 3.63) is 35.1 Å². The Morgan fingerprint density at radius 2 is 2.17 bits per heavy atom. The van der Waals surface area contributed by atoms with E-state index in [4.69, 9.17) is 5.11 Å². The first-order chi connectivity index (χ1) is 8.43. The van der Waals surface area contributed by atoms with Crippen LogP contribution >= 0.6 is 0 Å². The van der Waals surface area contributed by atoms with E-state index in [1.807, 2.05) is 25.7 Å². The van der Waals surface area contributed by atoms with Gasteiger partial charge in [-0.05, 0) is 43.5 Å². The molecule has 0 aliphatic carbocycles. The van der Waals surface area contributed by atoms with Crippen LogP contribution in [0.5, 0.6) is 0 Å². The molecule has 1 N–H and O–H groups in total. The summed E-state index contributed by atoms with van der Waals surface area (Å²) < 4.78 is 13.2. The van der Waals surface area contributed by atoms with Gasteiger partial charge in [0.25, 0.3) is 0 Å². The van der Waals surface area contributed by atoms with Gasteiger partial charge in [0.05, 0.1) is 6.54 Å². The summed E-state index contributed by atoms with van der Waals surface area (Å²) in [6.07, 6.45) is 0.863. The quantitative estimate of drug-likeness (QED) is 0.847. The minimum atomic E-state index is -0.857. The lowest BCUT2D eigenvalue weighted by atomic mass is 10.1. The van der Waals surface area contributed by atoms with Gasteiger partial charge in [0.1, 0.15) is 5.82 Å². The van der Waals surface area contributed by atoms with Gasteiger partial charge >= 0.3 is 5.97 Å². The smallest absolute Gasteiger partial charge is 0.317 e. The van der Waals surface area contributed by atoms with E-state index in [0.29, 0.717) is 6.54 Å². The largest absolute Gasteiger partial charge is 0.480 e. The molecule has 3 nitrogen and oxygen atoms in total. The number of carboxylic acid groups (broad SMARTS) is 1. The molecule has 0 aliphatic rings. The van der Waals surface area contributed by atoms with Crippen LogP contribution in [0.3, 0.4) is 0 Å². The molecule has 18 heavy (non-hydrogen) atoms. The fraction of sp³-hybridized carbons (Fsp3) is 0.500. The Morgan fingerprint density at radius 1 is 1.50 bits per heavy atom. The average Bonchev–Trinajstić information content (AvgIpc) is 2.31. The normalized spacial score (nSPS) is 12.7. The van der Waals surface area contributed by atoms with Crippen molar-refractivity contribution in [1.82, 2.24) is 4.90 Å². The molecule has 0 radical (unpaired) electrons. The maximum atomic E-state index is 13.2. The maximum absolute atomic E-state index is 13.2. The molecule has 0 aromatic heterocycles. The lowest BCUT2D eigenvalue weighted by Gasteiger charge is -2.27. The molecule has 1 aromatic rings. The number of rotatable bonds is 6. The van der Waals surface area contributed by atoms with Crippen LogP contribution in [-0.2, 0) is 11.3 Å². The van der Waals surface area contributed by atoms with Crippen LogP contribution in [0.4, 0.5) is 4.39 Å². The number of carboxylic acids is 1. The van der Waals surface area contributed by atoms with Crippen LogP contribution in [0.25, 0.3) is 0 Å². The van der Waals surface area contributed by atoms with E-state index in [1.165, 1.54) is 12.1 Å². The molecule has 1 aromatic carbocycles. The van der Waals surface area contributed by atoms with Crippen LogP contribution in [0.2, 0.25) is 0 Å². The van der Waals surface area contributed by atoms with Crippen LogP contribution < -0.4 is 0 Å². The number of benzene rings is 1. The van der Waals surface area contributed by atoms with Gasteiger partial charge in [-0.15, -0.1) is 0 Å². The maximum Gasteiger partial charge on any atom is 0.317 e. The molecular formula is C14H20FNO2. The predicted molar refractivity (Wildman–Crippen MR) is 68.9 cm³/mol. The highest BCUT2D eigenvalue weighted by atomic mass is 19.1. The third-order valence-corrected chi connectivity index (χ3v) is 3.24. The van der Waals surface area contributed by atoms with Crippen molar-refractivity contribution in [3.8, 4) is 0 Å². The van der Waals surface area contributed by atoms with Crippen molar-refractivity contribution in [1.29, 1.82) is 0 Å². The van der Waals surface area contributed by atoms with Crippen LogP contribution in [-0.4, -0.2) is 28.6 Å². The zero-order valence-electron chi connectivity index (χ0n) is 11.1. The molecule has 4 heteroatoms. The van der Waals surface area contributed by atoms with Gasteiger partial charge in [0.15, 0.2) is 0 Å². The average molecular weight is 253 g/mol. The highest BCUT2D eigenvalue weighted by Crippen LogP contribution is 2.15. The summed E-state index contributed by atoms with van der Waals surface area (Å²) in [7, 11) is 0. The molecule has 1 atom stereocenters. The summed E-state index contributed by atoms with van der Waals surface area (Å²) in [6.45, 7) is 6.34. The minimum absolute atomic E-state index is 0.0229. The standard InChI is InChI=1S/C14H20FNO2/c1-4-11(3)16(9-14(17)18)8-12-7-13(15)6-5-10(12)2/h5-7,11H,4,8-9H2,1-3H3,(H,17,18). The van der Waals surface area contributed by atoms with E-state index in [-0.39, 0.29) is 18.4 Å². The van der Waals surface area contributed by atoms with Gasteiger partial charge in [-0.25, -0.2) is 4.39 Å². The second-order valence-electron chi connectivity index (χ2n) is 4.63. The van der Waals surface area contributed by atoms with Gasteiger partial charge in [0.2, 0.25) is 0 Å². The Kier molecular flexibility index (Phi) is 5.28. The van der Waals surface area contributed by atoms with Gasteiger partial charge in [-0.1, -0.05) is 13.0 Å². The second kappa shape index (κ2) is 6.50. The van der Waals surface area contributed by atoms with E-state index in [9.17, 15) is 9.18 Å². The summed E-state index contributed by atoms with van der Waals surface area (Å²) in [5, 5.41) is 8.91. The SMILES string of the molecule is CCC(C)N(CC(=O)O)Cc1cc(F)ccc1C. The number of hydrogen-bond donors (Lipinski definition) is 1. The molecule has 100 valence electrons. The van der Waals surface area contributed by atoms with Crippen LogP contribution in [0.1, 0.15) is 31.4 Å². The summed E-state index contributed by atoms with van der Waals surface area (Å²) in [6, 6.07) is 4.78. The van der Waals surface area contributed by atoms with Crippen molar-refractivity contribution in [2.45, 2.75) is 39.8 Å². The summed E-state index contributed by atoms with van der Waals surface area (Å²) in [5.74, 6) is -1.14. The number of nitrogens with zero attached hydrogens (tertiary/aromatic N) is 1. The summed E-state index contributed by atoms with van der Waals surface area (Å²) >= 11 is 0. The molecule has 0 saturated heterocycles. The molecule has 0 saturated carbocycles. The Hall–Kier alpha value is -1.42. The van der Waals surface area contributed by atoms with Crippen LogP contribution in [0, 0.1) is 12.7 Å². The Labute approximate surface area is 107 Å². The highest BCUT2D eigenvalue weighted by Gasteiger charge is 2.16. The second-order valence-corrected chi connectivity index (χ2v) is 4.63. The van der Waals surface area contributed by atoms with Gasteiger partial charge in [-0.2, -0.15) is 0 Å². The van der Waals surface area contributed by atoms with Gasteiger partial charge in [-0.3, -0.25) is 9.69 Å². The molecule has 0 aliphatic heterocycles. The van der Waals surface area contributed by atoms with Crippen molar-refractivity contribution in [2.24, 2.45) is 0 Å². The first-order valence-corrected chi connectivity index (χ1v) is 6.15. The first-order valence-electron chi connectivity index (χ1n) is 6.15. The Balaban J connectivity index is 2.88. The topological polar surface area (TPSA) is 40.5 Å². The van der Waals surface area contributed by atoms with Crippen LogP contribution in [0.15, 0.2) is 18.2 Å². The minimum Gasteiger partial charge on any atom is -0.480 e. The van der Waals surface area contributed by atoms with Crippen molar-refractivity contribution in [3.63, 3.8) is 0 Å². The zero-order chi connectivity index (χ0) is 13.7. The number of aliphatic carboxylic acids is 1. The number of carbonyl (C=O) groups is 1. The molecule has 0 bridgehead atoms. The Morgan fingerprint density at radius 3 is 2.72 bits per heavy atom. The molecule has 0 fully saturated rings. The van der Waals surface area contributed by atoms with E-state index in [2.05, 4.69) is 0 Å². The van der Waals surface area contributed by atoms with Crippen molar-refractivity contribution < 1.29 is 14.3 Å². The number of halogens is 1. The zero-order valence-corrected chi connectivity index (χ0v) is 11.1. The molecule has 0 amide bonds. The summed E-state index contributed by atoms with van der Waals surface area (Å²) in [5.41, 5.74) is 1.83. The number of aryl methyl sites for hydroxylation is 1. The van der Waals surface area contributed by atoms with Gasteiger partial charge in [0, 0.05) is 12.6 Å². The van der Waals surface area contributed by atoms with E-state index >= 15 is 0 Å². The lowest BCUT2D eigenvalue weighted by molar-refractivity contribution is -0.139. The third kappa shape index (κ3) is 4.11. The predicted octanol–water partition coefficient (Wildman–Crippen LogP) is 2.82. The fourth-order valence-electron chi connectivity index (χ4n) is 1.83. The molecule has 0 spiro atoms.